The lowest BCUT2D eigenvalue weighted by Gasteiger charge is -2.27. The second kappa shape index (κ2) is 5.47. The first-order valence-electron chi connectivity index (χ1n) is 6.41. The van der Waals surface area contributed by atoms with Crippen molar-refractivity contribution in [1.82, 2.24) is 10.0 Å². The SMILES string of the molecule is CC(C)(C)OC(=O)N1OCC[C@@H]1c1cncc(C#N)c1. The predicted molar refractivity (Wildman–Crippen MR) is 70.3 cm³/mol. The smallest absolute Gasteiger partial charge is 0.435 e. The van der Waals surface area contributed by atoms with Crippen LogP contribution in [-0.4, -0.2) is 28.3 Å². The van der Waals surface area contributed by atoms with E-state index in [1.54, 1.807) is 33.0 Å². The topological polar surface area (TPSA) is 75.4 Å². The number of pyridine rings is 1. The normalized spacial score (nSPS) is 18.7. The molecule has 1 fully saturated rings. The summed E-state index contributed by atoms with van der Waals surface area (Å²) in [5.74, 6) is 0. The van der Waals surface area contributed by atoms with Gasteiger partial charge in [-0.05, 0) is 32.4 Å². The fourth-order valence-corrected chi connectivity index (χ4v) is 1.96. The molecule has 0 aromatic carbocycles. The lowest BCUT2D eigenvalue weighted by Crippen LogP contribution is -2.35. The maximum absolute atomic E-state index is 12.1. The number of nitriles is 1. The second-order valence-corrected chi connectivity index (χ2v) is 5.56. The van der Waals surface area contributed by atoms with Gasteiger partial charge >= 0.3 is 6.09 Å². The molecule has 1 aliphatic rings. The average molecular weight is 275 g/mol. The largest absolute Gasteiger partial charge is 0.442 e. The van der Waals surface area contributed by atoms with E-state index in [2.05, 4.69) is 4.98 Å². The number of rotatable bonds is 1. The fourth-order valence-electron chi connectivity index (χ4n) is 1.96. The highest BCUT2D eigenvalue weighted by Crippen LogP contribution is 2.31. The van der Waals surface area contributed by atoms with Crippen LogP contribution in [0.2, 0.25) is 0 Å². The number of ether oxygens (including phenoxy) is 1. The van der Waals surface area contributed by atoms with E-state index in [0.717, 1.165) is 5.56 Å². The summed E-state index contributed by atoms with van der Waals surface area (Å²) in [7, 11) is 0. The van der Waals surface area contributed by atoms with E-state index >= 15 is 0 Å². The van der Waals surface area contributed by atoms with Crippen molar-refractivity contribution < 1.29 is 14.4 Å². The molecular formula is C14H17N3O3. The van der Waals surface area contributed by atoms with Crippen LogP contribution in [0.15, 0.2) is 18.5 Å². The third-order valence-electron chi connectivity index (χ3n) is 2.75. The molecule has 0 spiro atoms. The minimum absolute atomic E-state index is 0.273. The van der Waals surface area contributed by atoms with Crippen LogP contribution in [0.3, 0.4) is 0 Å². The number of carbonyl (C=O) groups excluding carboxylic acids is 1. The van der Waals surface area contributed by atoms with Crippen LogP contribution < -0.4 is 0 Å². The number of nitrogens with zero attached hydrogens (tertiary/aromatic N) is 3. The molecule has 20 heavy (non-hydrogen) atoms. The van der Waals surface area contributed by atoms with E-state index in [1.807, 2.05) is 6.07 Å². The highest BCUT2D eigenvalue weighted by molar-refractivity contribution is 5.67. The maximum atomic E-state index is 12.1. The minimum atomic E-state index is -0.583. The first-order valence-corrected chi connectivity index (χ1v) is 6.41. The molecule has 1 saturated heterocycles. The van der Waals surface area contributed by atoms with Gasteiger partial charge in [0, 0.05) is 18.8 Å². The monoisotopic (exact) mass is 275 g/mol. The Hall–Kier alpha value is -2.13. The maximum Gasteiger partial charge on any atom is 0.435 e. The Morgan fingerprint density at radius 2 is 2.30 bits per heavy atom. The van der Waals surface area contributed by atoms with E-state index in [4.69, 9.17) is 14.8 Å². The minimum Gasteiger partial charge on any atom is -0.442 e. The zero-order valence-electron chi connectivity index (χ0n) is 11.8. The summed E-state index contributed by atoms with van der Waals surface area (Å²) in [6, 6.07) is 3.47. The summed E-state index contributed by atoms with van der Waals surface area (Å²) < 4.78 is 5.31. The zero-order valence-corrected chi connectivity index (χ0v) is 11.8. The van der Waals surface area contributed by atoms with Crippen molar-refractivity contribution in [3.8, 4) is 6.07 Å². The van der Waals surface area contributed by atoms with Crippen LogP contribution in [-0.2, 0) is 9.57 Å². The molecule has 1 aromatic rings. The van der Waals surface area contributed by atoms with Crippen molar-refractivity contribution in [2.45, 2.75) is 38.8 Å². The molecule has 1 aliphatic heterocycles. The molecule has 0 radical (unpaired) electrons. The molecule has 0 saturated carbocycles. The van der Waals surface area contributed by atoms with Crippen molar-refractivity contribution in [3.05, 3.63) is 29.6 Å². The number of amides is 1. The third kappa shape index (κ3) is 3.25. The van der Waals surface area contributed by atoms with E-state index < -0.39 is 11.7 Å². The van der Waals surface area contributed by atoms with Crippen molar-refractivity contribution in [2.75, 3.05) is 6.61 Å². The number of carbonyl (C=O) groups is 1. The Kier molecular flexibility index (Phi) is 3.91. The first kappa shape index (κ1) is 14.3. The van der Waals surface area contributed by atoms with Crippen molar-refractivity contribution in [1.29, 1.82) is 5.26 Å². The van der Waals surface area contributed by atoms with Crippen LogP contribution in [0.5, 0.6) is 0 Å². The van der Waals surface area contributed by atoms with Crippen molar-refractivity contribution >= 4 is 6.09 Å². The van der Waals surface area contributed by atoms with E-state index in [0.29, 0.717) is 18.6 Å². The molecule has 6 nitrogen and oxygen atoms in total. The van der Waals surface area contributed by atoms with E-state index in [1.165, 1.54) is 11.3 Å². The van der Waals surface area contributed by atoms with Crippen molar-refractivity contribution in [3.63, 3.8) is 0 Å². The number of hydrogen-bond acceptors (Lipinski definition) is 5. The summed E-state index contributed by atoms with van der Waals surface area (Å²) in [5, 5.41) is 10.1. The quantitative estimate of drug-likeness (QED) is 0.787. The Labute approximate surface area is 117 Å². The molecule has 1 atom stereocenters. The summed E-state index contributed by atoms with van der Waals surface area (Å²) >= 11 is 0. The van der Waals surface area contributed by atoms with Gasteiger partial charge in [-0.1, -0.05) is 0 Å². The van der Waals surface area contributed by atoms with Gasteiger partial charge in [0.1, 0.15) is 11.7 Å². The number of hydroxylamine groups is 2. The Morgan fingerprint density at radius 1 is 1.55 bits per heavy atom. The first-order chi connectivity index (χ1) is 9.40. The van der Waals surface area contributed by atoms with Gasteiger partial charge in [0.15, 0.2) is 0 Å². The summed E-state index contributed by atoms with van der Waals surface area (Å²) in [6.45, 7) is 5.83. The van der Waals surface area contributed by atoms with Crippen LogP contribution >= 0.6 is 0 Å². The van der Waals surface area contributed by atoms with Crippen LogP contribution in [0, 0.1) is 11.3 Å². The van der Waals surface area contributed by atoms with Crippen molar-refractivity contribution in [2.24, 2.45) is 0 Å². The van der Waals surface area contributed by atoms with Gasteiger partial charge < -0.3 is 4.74 Å². The molecule has 0 aliphatic carbocycles. The van der Waals surface area contributed by atoms with Gasteiger partial charge in [-0.25, -0.2) is 4.79 Å². The van der Waals surface area contributed by atoms with Gasteiger partial charge in [-0.3, -0.25) is 9.82 Å². The van der Waals surface area contributed by atoms with Gasteiger partial charge in [-0.2, -0.15) is 10.3 Å². The highest BCUT2D eigenvalue weighted by atomic mass is 16.7. The zero-order chi connectivity index (χ0) is 14.8. The van der Waals surface area contributed by atoms with Gasteiger partial charge in [0.25, 0.3) is 0 Å². The van der Waals surface area contributed by atoms with Crippen LogP contribution in [0.1, 0.15) is 44.4 Å². The van der Waals surface area contributed by atoms with Gasteiger partial charge in [0.2, 0.25) is 0 Å². The molecule has 106 valence electrons. The summed E-state index contributed by atoms with van der Waals surface area (Å²) in [6.07, 6.45) is 3.24. The molecule has 1 amide bonds. The lowest BCUT2D eigenvalue weighted by molar-refractivity contribution is -0.125. The molecule has 6 heteroatoms. The molecule has 0 N–H and O–H groups in total. The lowest BCUT2D eigenvalue weighted by atomic mass is 10.1. The number of hydrogen-bond donors (Lipinski definition) is 0. The molecular weight excluding hydrogens is 258 g/mol. The molecule has 2 rings (SSSR count). The van der Waals surface area contributed by atoms with E-state index in [-0.39, 0.29) is 6.04 Å². The predicted octanol–water partition coefficient (Wildman–Crippen LogP) is 2.57. The molecule has 0 unspecified atom stereocenters. The average Bonchev–Trinajstić information content (AvgIpc) is 2.86. The second-order valence-electron chi connectivity index (χ2n) is 5.56. The number of aromatic nitrogens is 1. The summed E-state index contributed by atoms with van der Waals surface area (Å²) in [4.78, 5) is 21.5. The summed E-state index contributed by atoms with van der Waals surface area (Å²) in [5.41, 5.74) is 0.645. The van der Waals surface area contributed by atoms with Gasteiger partial charge in [0.05, 0.1) is 18.2 Å². The Morgan fingerprint density at radius 3 is 2.95 bits per heavy atom. The molecule has 1 aromatic heterocycles. The van der Waals surface area contributed by atoms with Crippen LogP contribution in [0.4, 0.5) is 4.79 Å². The van der Waals surface area contributed by atoms with E-state index in [9.17, 15) is 4.79 Å². The standard InChI is InChI=1S/C14H17N3O3/c1-14(2,3)20-13(18)17-12(4-5-19-17)11-6-10(7-15)8-16-9-11/h6,8-9,12H,4-5H2,1-3H3/t12-/m1/s1. The molecule has 2 heterocycles. The van der Waals surface area contributed by atoms with Crippen LogP contribution in [0.25, 0.3) is 0 Å². The third-order valence-corrected chi connectivity index (χ3v) is 2.75. The Balaban J connectivity index is 2.19. The molecule has 0 bridgehead atoms. The fraction of sp³-hybridized carbons (Fsp3) is 0.500. The van der Waals surface area contributed by atoms with Gasteiger partial charge in [-0.15, -0.1) is 0 Å². The Bertz CT molecular complexity index is 545. The highest BCUT2D eigenvalue weighted by Gasteiger charge is 2.35.